The predicted molar refractivity (Wildman–Crippen MR) is 104 cm³/mol. The van der Waals surface area contributed by atoms with Gasteiger partial charge in [0.05, 0.1) is 5.69 Å². The van der Waals surface area contributed by atoms with E-state index in [1.165, 1.54) is 5.69 Å². The number of rotatable bonds is 3. The van der Waals surface area contributed by atoms with Gasteiger partial charge in [-0.1, -0.05) is 6.07 Å². The molecule has 3 heterocycles. The van der Waals surface area contributed by atoms with E-state index in [-0.39, 0.29) is 6.04 Å². The lowest BCUT2D eigenvalue weighted by molar-refractivity contribution is 0.313. The molecule has 3 fully saturated rings. The largest absolute Gasteiger partial charge is 0.369 e. The van der Waals surface area contributed by atoms with E-state index < -0.39 is 11.2 Å². The summed E-state index contributed by atoms with van der Waals surface area (Å²) in [5, 5.41) is 9.06. The van der Waals surface area contributed by atoms with E-state index in [1.54, 1.807) is 4.90 Å². The molecule has 7 nitrogen and oxygen atoms in total. The number of likely N-dealkylation sites (N-methyl/N-ethyl adjacent to an activating group) is 1. The monoisotopic (exact) mass is 374 g/mol. The van der Waals surface area contributed by atoms with Crippen LogP contribution in [0.15, 0.2) is 24.3 Å². The Bertz CT molecular complexity index is 714. The molecular weight excluding hydrogens is 348 g/mol. The van der Waals surface area contributed by atoms with Crippen molar-refractivity contribution in [1.82, 2.24) is 14.1 Å². The lowest BCUT2D eigenvalue weighted by Crippen LogP contribution is -2.44. The van der Waals surface area contributed by atoms with Gasteiger partial charge in [0.2, 0.25) is 0 Å². The highest BCUT2D eigenvalue weighted by Gasteiger charge is 2.37. The number of anilines is 2. The van der Waals surface area contributed by atoms with Crippen LogP contribution in [0, 0.1) is 11.5 Å². The van der Waals surface area contributed by atoms with Crippen LogP contribution >= 0.6 is 0 Å². The van der Waals surface area contributed by atoms with Gasteiger partial charge in [-0.2, -0.15) is 9.57 Å². The van der Waals surface area contributed by atoms with Crippen molar-refractivity contribution < 1.29 is 4.21 Å². The molecule has 0 spiro atoms. The summed E-state index contributed by atoms with van der Waals surface area (Å²) in [5.74, 6) is 0. The maximum Gasteiger partial charge on any atom is 0.199 e. The van der Waals surface area contributed by atoms with Crippen molar-refractivity contribution in [2.24, 2.45) is 0 Å². The molecular formula is C18H26N6OS. The number of benzene rings is 1. The Morgan fingerprint density at radius 1 is 1.08 bits per heavy atom. The van der Waals surface area contributed by atoms with E-state index in [1.807, 2.05) is 4.31 Å². The molecule has 1 aromatic rings. The highest BCUT2D eigenvalue weighted by Crippen LogP contribution is 2.29. The SMILES string of the molecule is CN1CCN(c2cccc(N3CCN(C4CCN(C#N)C4)S3=O)c2)CC1. The van der Waals surface area contributed by atoms with Gasteiger partial charge in [-0.3, -0.25) is 4.31 Å². The number of hydrogen-bond donors (Lipinski definition) is 0. The van der Waals surface area contributed by atoms with Gasteiger partial charge in [-0.05, 0) is 31.7 Å². The van der Waals surface area contributed by atoms with Crippen LogP contribution in [0.5, 0.6) is 0 Å². The van der Waals surface area contributed by atoms with Crippen molar-refractivity contribution in [2.75, 3.05) is 68.6 Å². The molecule has 4 rings (SSSR count). The van der Waals surface area contributed by atoms with Crippen molar-refractivity contribution in [2.45, 2.75) is 12.5 Å². The fourth-order valence-corrected chi connectivity index (χ4v) is 5.43. The van der Waals surface area contributed by atoms with Gasteiger partial charge in [0.1, 0.15) is 0 Å². The maximum atomic E-state index is 13.1. The van der Waals surface area contributed by atoms with Crippen LogP contribution in [0.3, 0.4) is 0 Å². The standard InChI is InChI=1S/C18H26N6OS/c1-20-7-9-22(10-8-20)16-3-2-4-17(13-16)23-11-12-24(26(23)25)18-5-6-21(14-18)15-19/h2-4,13,18H,5-12,14H2,1H3. The Morgan fingerprint density at radius 3 is 2.58 bits per heavy atom. The molecule has 0 aliphatic carbocycles. The number of nitriles is 1. The Labute approximate surface area is 158 Å². The molecule has 8 heteroatoms. The van der Waals surface area contributed by atoms with Crippen molar-refractivity contribution >= 4 is 22.5 Å². The van der Waals surface area contributed by atoms with E-state index in [2.05, 4.69) is 51.6 Å². The first-order chi connectivity index (χ1) is 12.7. The molecule has 0 bridgehead atoms. The van der Waals surface area contributed by atoms with Gasteiger partial charge < -0.3 is 14.7 Å². The van der Waals surface area contributed by atoms with Gasteiger partial charge in [0.25, 0.3) is 0 Å². The van der Waals surface area contributed by atoms with Crippen LogP contribution in [0.4, 0.5) is 11.4 Å². The third-order valence-electron chi connectivity index (χ3n) is 5.61. The van der Waals surface area contributed by atoms with Gasteiger partial charge in [-0.25, -0.2) is 4.21 Å². The third kappa shape index (κ3) is 3.39. The minimum absolute atomic E-state index is 0.210. The Balaban J connectivity index is 1.46. The lowest BCUT2D eigenvalue weighted by atomic mass is 10.2. The normalized spacial score (nSPS) is 27.9. The molecule has 0 radical (unpaired) electrons. The number of hydrogen-bond acceptors (Lipinski definition) is 5. The highest BCUT2D eigenvalue weighted by atomic mass is 32.2. The Morgan fingerprint density at radius 2 is 1.85 bits per heavy atom. The molecule has 2 atom stereocenters. The second-order valence-electron chi connectivity index (χ2n) is 7.27. The summed E-state index contributed by atoms with van der Waals surface area (Å²) in [5.41, 5.74) is 2.24. The van der Waals surface area contributed by atoms with Crippen LogP contribution in [-0.2, 0) is 11.2 Å². The van der Waals surface area contributed by atoms with E-state index >= 15 is 0 Å². The topological polar surface area (TPSA) is 57.1 Å². The first-order valence-electron chi connectivity index (χ1n) is 9.30. The smallest absolute Gasteiger partial charge is 0.199 e. The minimum atomic E-state index is -1.17. The van der Waals surface area contributed by atoms with Crippen molar-refractivity contribution in [3.8, 4) is 6.19 Å². The zero-order valence-corrected chi connectivity index (χ0v) is 16.1. The van der Waals surface area contributed by atoms with Crippen LogP contribution < -0.4 is 9.21 Å². The molecule has 0 saturated carbocycles. The third-order valence-corrected chi connectivity index (χ3v) is 7.26. The Kier molecular flexibility index (Phi) is 5.02. The van der Waals surface area contributed by atoms with Crippen LogP contribution in [-0.4, -0.2) is 83.8 Å². The summed E-state index contributed by atoms with van der Waals surface area (Å²) in [7, 11) is 2.16. The molecule has 140 valence electrons. The van der Waals surface area contributed by atoms with Crippen molar-refractivity contribution in [3.63, 3.8) is 0 Å². The summed E-state index contributed by atoms with van der Waals surface area (Å²) in [4.78, 5) is 6.51. The first kappa shape index (κ1) is 17.6. The number of nitrogens with zero attached hydrogens (tertiary/aromatic N) is 6. The van der Waals surface area contributed by atoms with Crippen molar-refractivity contribution in [1.29, 1.82) is 5.26 Å². The summed E-state index contributed by atoms with van der Waals surface area (Å²) in [6, 6.07) is 8.64. The second-order valence-corrected chi connectivity index (χ2v) is 8.64. The summed E-state index contributed by atoms with van der Waals surface area (Å²) >= 11 is -1.17. The molecule has 0 N–H and O–H groups in total. The van der Waals surface area contributed by atoms with Gasteiger partial charge in [0, 0.05) is 64.1 Å². The molecule has 3 aliphatic heterocycles. The summed E-state index contributed by atoms with van der Waals surface area (Å²) in [6.07, 6.45) is 3.12. The van der Waals surface area contributed by atoms with Crippen LogP contribution in [0.2, 0.25) is 0 Å². The number of likely N-dealkylation sites (tertiary alicyclic amines) is 1. The molecule has 3 saturated heterocycles. The molecule has 0 amide bonds. The van der Waals surface area contributed by atoms with E-state index in [4.69, 9.17) is 5.26 Å². The fraction of sp³-hybridized carbons (Fsp3) is 0.611. The maximum absolute atomic E-state index is 13.1. The van der Waals surface area contributed by atoms with Gasteiger partial charge in [0.15, 0.2) is 17.4 Å². The summed E-state index contributed by atoms with van der Waals surface area (Å²) in [6.45, 7) is 7.22. The summed E-state index contributed by atoms with van der Waals surface area (Å²) < 4.78 is 17.1. The zero-order chi connectivity index (χ0) is 18.1. The van der Waals surface area contributed by atoms with Crippen molar-refractivity contribution in [3.05, 3.63) is 24.3 Å². The molecule has 3 aliphatic rings. The van der Waals surface area contributed by atoms with E-state index in [0.29, 0.717) is 6.54 Å². The minimum Gasteiger partial charge on any atom is -0.369 e. The average molecular weight is 375 g/mol. The van der Waals surface area contributed by atoms with Crippen LogP contribution in [0.1, 0.15) is 6.42 Å². The molecule has 1 aromatic carbocycles. The Hall–Kier alpha value is -1.82. The van der Waals surface area contributed by atoms with E-state index in [9.17, 15) is 4.21 Å². The second kappa shape index (κ2) is 7.43. The number of piperazine rings is 1. The fourth-order valence-electron chi connectivity index (χ4n) is 3.98. The van der Waals surface area contributed by atoms with E-state index in [0.717, 1.165) is 57.9 Å². The quantitative estimate of drug-likeness (QED) is 0.729. The zero-order valence-electron chi connectivity index (χ0n) is 15.3. The molecule has 26 heavy (non-hydrogen) atoms. The molecule has 0 aromatic heterocycles. The van der Waals surface area contributed by atoms with Gasteiger partial charge >= 0.3 is 0 Å². The highest BCUT2D eigenvalue weighted by molar-refractivity contribution is 7.84. The molecule has 2 unspecified atom stereocenters. The lowest BCUT2D eigenvalue weighted by Gasteiger charge is -2.34. The first-order valence-corrected chi connectivity index (χ1v) is 10.4. The van der Waals surface area contributed by atoms with Crippen LogP contribution in [0.25, 0.3) is 0 Å². The average Bonchev–Trinajstić information content (AvgIpc) is 3.28. The van der Waals surface area contributed by atoms with Gasteiger partial charge in [-0.15, -0.1) is 0 Å². The predicted octanol–water partition coefficient (Wildman–Crippen LogP) is 0.694.